The van der Waals surface area contributed by atoms with Crippen LogP contribution in [0.15, 0.2) is 41.4 Å². The van der Waals surface area contributed by atoms with E-state index in [0.717, 1.165) is 11.5 Å². The Morgan fingerprint density at radius 1 is 1.19 bits per heavy atom. The molecule has 0 unspecified atom stereocenters. The molecule has 0 radical (unpaired) electrons. The molecular weight excluding hydrogens is 414 g/mol. The molecule has 2 heterocycles. The van der Waals surface area contributed by atoms with Crippen molar-refractivity contribution in [2.75, 3.05) is 5.32 Å². The van der Waals surface area contributed by atoms with Crippen molar-refractivity contribution < 1.29 is 13.5 Å². The summed E-state index contributed by atoms with van der Waals surface area (Å²) < 4.78 is 28.0. The fourth-order valence-electron chi connectivity index (χ4n) is 3.46. The summed E-state index contributed by atoms with van der Waals surface area (Å²) in [5, 5.41) is 13.4. The molecule has 1 aliphatic carbocycles. The highest BCUT2D eigenvalue weighted by atomic mass is 32.2. The maximum Gasteiger partial charge on any atom is 0.241 e. The number of benzene rings is 1. The van der Waals surface area contributed by atoms with Crippen molar-refractivity contribution in [3.63, 3.8) is 0 Å². The van der Waals surface area contributed by atoms with Gasteiger partial charge < -0.3 is 15.4 Å². The molecule has 2 aromatic heterocycles. The Hall–Kier alpha value is -2.91. The first-order valence-corrected chi connectivity index (χ1v) is 11.7. The molecule has 0 atom stereocenters. The molecule has 1 saturated carbocycles. The van der Waals surface area contributed by atoms with Gasteiger partial charge >= 0.3 is 0 Å². The minimum atomic E-state index is -3.70. The minimum absolute atomic E-state index is 0.0952. The van der Waals surface area contributed by atoms with E-state index >= 15 is 0 Å². The Balaban J connectivity index is 1.63. The van der Waals surface area contributed by atoms with Gasteiger partial charge in [-0.1, -0.05) is 12.1 Å². The van der Waals surface area contributed by atoms with Gasteiger partial charge in [0.05, 0.1) is 11.1 Å². The summed E-state index contributed by atoms with van der Waals surface area (Å²) in [6.07, 6.45) is 3.70. The molecule has 0 spiro atoms. The van der Waals surface area contributed by atoms with Crippen molar-refractivity contribution in [2.45, 2.75) is 56.9 Å². The monoisotopic (exact) mass is 441 g/mol. The van der Waals surface area contributed by atoms with Crippen LogP contribution < -0.4 is 10.0 Å². The maximum atomic E-state index is 12.7. The number of H-pyrrole nitrogens is 1. The summed E-state index contributed by atoms with van der Waals surface area (Å²) in [5.41, 5.74) is 2.30. The zero-order valence-electron chi connectivity index (χ0n) is 18.0. The van der Waals surface area contributed by atoms with Crippen molar-refractivity contribution in [3.05, 3.63) is 47.8 Å². The number of anilines is 2. The Morgan fingerprint density at radius 2 is 1.94 bits per heavy atom. The first-order chi connectivity index (χ1) is 14.5. The van der Waals surface area contributed by atoms with E-state index in [4.69, 9.17) is 0 Å². The van der Waals surface area contributed by atoms with Crippen LogP contribution in [0.5, 0.6) is 5.75 Å². The number of aromatic hydroxyl groups is 1. The van der Waals surface area contributed by atoms with E-state index in [1.807, 2.05) is 13.0 Å². The molecule has 0 bridgehead atoms. The summed E-state index contributed by atoms with van der Waals surface area (Å²) >= 11 is 0. The molecule has 3 aromatic rings. The van der Waals surface area contributed by atoms with Gasteiger partial charge in [0.15, 0.2) is 17.4 Å². The van der Waals surface area contributed by atoms with Crippen LogP contribution in [0, 0.1) is 6.92 Å². The first-order valence-electron chi connectivity index (χ1n) is 10.2. The summed E-state index contributed by atoms with van der Waals surface area (Å²) in [7, 11) is -3.70. The summed E-state index contributed by atoms with van der Waals surface area (Å²) in [6, 6.07) is 8.47. The Bertz CT molecular complexity index is 1220. The Kier molecular flexibility index (Phi) is 5.26. The van der Waals surface area contributed by atoms with Gasteiger partial charge in [-0.2, -0.15) is 0 Å². The number of nitrogens with one attached hydrogen (secondary N) is 3. The van der Waals surface area contributed by atoms with Gasteiger partial charge in [-0.15, -0.1) is 0 Å². The highest BCUT2D eigenvalue weighted by molar-refractivity contribution is 7.89. The van der Waals surface area contributed by atoms with Crippen LogP contribution in [0.25, 0.3) is 11.4 Å². The third-order valence-corrected chi connectivity index (χ3v) is 6.69. The molecule has 1 aromatic carbocycles. The van der Waals surface area contributed by atoms with Crippen LogP contribution in [0.4, 0.5) is 11.6 Å². The SMILES string of the molecule is Cc1[nH]c(Nc2nc(-c3cccc(S(=O)(=O)NC(C)(C)C)c3)ncc2O)cc1C1CC1. The first kappa shape index (κ1) is 21.3. The number of rotatable bonds is 6. The largest absolute Gasteiger partial charge is 0.503 e. The lowest BCUT2D eigenvalue weighted by atomic mass is 10.1. The minimum Gasteiger partial charge on any atom is -0.503 e. The lowest BCUT2D eigenvalue weighted by Crippen LogP contribution is -2.40. The van der Waals surface area contributed by atoms with Crippen LogP contribution >= 0.6 is 0 Å². The van der Waals surface area contributed by atoms with Gasteiger partial charge in [-0.25, -0.2) is 23.1 Å². The molecular formula is C22H27N5O3S. The van der Waals surface area contributed by atoms with Crippen molar-refractivity contribution in [1.29, 1.82) is 0 Å². The van der Waals surface area contributed by atoms with Crippen molar-refractivity contribution in [1.82, 2.24) is 19.7 Å². The van der Waals surface area contributed by atoms with E-state index in [9.17, 15) is 13.5 Å². The molecule has 9 heteroatoms. The molecule has 164 valence electrons. The quantitative estimate of drug-likeness (QED) is 0.455. The van der Waals surface area contributed by atoms with Gasteiger partial charge in [-0.05, 0) is 70.2 Å². The molecule has 1 aliphatic rings. The summed E-state index contributed by atoms with van der Waals surface area (Å²) in [6.45, 7) is 7.38. The molecule has 4 N–H and O–H groups in total. The number of nitrogens with zero attached hydrogens (tertiary/aromatic N) is 2. The highest BCUT2D eigenvalue weighted by Crippen LogP contribution is 2.43. The second-order valence-electron chi connectivity index (χ2n) is 8.97. The van der Waals surface area contributed by atoms with Crippen LogP contribution in [-0.2, 0) is 10.0 Å². The molecule has 0 amide bonds. The third kappa shape index (κ3) is 4.88. The van der Waals surface area contributed by atoms with Crippen LogP contribution in [-0.4, -0.2) is 34.0 Å². The Morgan fingerprint density at radius 3 is 2.61 bits per heavy atom. The lowest BCUT2D eigenvalue weighted by molar-refractivity contribution is 0.472. The van der Waals surface area contributed by atoms with E-state index in [1.54, 1.807) is 32.9 Å². The predicted octanol–water partition coefficient (Wildman–Crippen LogP) is 4.18. The molecule has 0 saturated heterocycles. The number of aromatic amines is 1. The van der Waals surface area contributed by atoms with Crippen LogP contribution in [0.2, 0.25) is 0 Å². The standard InChI is InChI=1S/C22H27N5O3S/c1-13-17(14-8-9-14)11-19(24-13)25-21-18(28)12-23-20(26-21)15-6-5-7-16(10-15)31(29,30)27-22(2,3)4/h5-7,10-12,14,24,27-28H,8-9H2,1-4H3,(H,23,25,26). The molecule has 31 heavy (non-hydrogen) atoms. The zero-order chi connectivity index (χ0) is 22.4. The second-order valence-corrected chi connectivity index (χ2v) is 10.7. The normalized spacial score (nSPS) is 14.6. The average molecular weight is 442 g/mol. The fraction of sp³-hybridized carbons (Fsp3) is 0.364. The van der Waals surface area contributed by atoms with Crippen molar-refractivity contribution in [2.24, 2.45) is 0 Å². The molecule has 4 rings (SSSR count). The Labute approximate surface area is 182 Å². The molecule has 0 aliphatic heterocycles. The number of aryl methyl sites for hydroxylation is 1. The van der Waals surface area contributed by atoms with E-state index in [2.05, 4.69) is 25.0 Å². The molecule has 1 fully saturated rings. The number of sulfonamides is 1. The van der Waals surface area contributed by atoms with E-state index in [-0.39, 0.29) is 16.5 Å². The fourth-order valence-corrected chi connectivity index (χ4v) is 4.92. The van der Waals surface area contributed by atoms with Gasteiger partial charge in [0.2, 0.25) is 10.0 Å². The van der Waals surface area contributed by atoms with E-state index in [0.29, 0.717) is 17.3 Å². The van der Waals surface area contributed by atoms with E-state index < -0.39 is 15.6 Å². The third-order valence-electron chi connectivity index (χ3n) is 4.94. The summed E-state index contributed by atoms with van der Waals surface area (Å²) in [5.74, 6) is 1.80. The number of hydrogen-bond acceptors (Lipinski definition) is 6. The average Bonchev–Trinajstić information content (AvgIpc) is 3.45. The van der Waals surface area contributed by atoms with E-state index in [1.165, 1.54) is 36.7 Å². The number of aromatic nitrogens is 3. The van der Waals surface area contributed by atoms with Crippen LogP contribution in [0.1, 0.15) is 50.8 Å². The van der Waals surface area contributed by atoms with Gasteiger partial charge in [0.1, 0.15) is 5.82 Å². The van der Waals surface area contributed by atoms with Gasteiger partial charge in [0.25, 0.3) is 0 Å². The topological polar surface area (TPSA) is 120 Å². The highest BCUT2D eigenvalue weighted by Gasteiger charge is 2.27. The van der Waals surface area contributed by atoms with Crippen LogP contribution in [0.3, 0.4) is 0 Å². The van der Waals surface area contributed by atoms with Gasteiger partial charge in [-0.3, -0.25) is 0 Å². The van der Waals surface area contributed by atoms with Crippen molar-refractivity contribution >= 4 is 21.7 Å². The van der Waals surface area contributed by atoms with Gasteiger partial charge in [0, 0.05) is 16.8 Å². The predicted molar refractivity (Wildman–Crippen MR) is 120 cm³/mol. The lowest BCUT2D eigenvalue weighted by Gasteiger charge is -2.20. The van der Waals surface area contributed by atoms with Crippen molar-refractivity contribution in [3.8, 4) is 17.1 Å². The summed E-state index contributed by atoms with van der Waals surface area (Å²) in [4.78, 5) is 12.0. The second kappa shape index (κ2) is 7.65. The number of hydrogen-bond donors (Lipinski definition) is 4. The molecule has 8 nitrogen and oxygen atoms in total. The zero-order valence-corrected chi connectivity index (χ0v) is 18.8. The maximum absolute atomic E-state index is 12.7. The smallest absolute Gasteiger partial charge is 0.241 e.